The molecule has 0 fully saturated rings. The number of methoxy groups -OCH3 is 1. The van der Waals surface area contributed by atoms with Crippen LogP contribution in [-0.4, -0.2) is 46.7 Å². The molecule has 0 aromatic heterocycles. The molecule has 7 heteroatoms. The molecule has 0 radical (unpaired) electrons. The molecule has 2 rings (SSSR count). The highest BCUT2D eigenvalue weighted by Gasteiger charge is 2.23. The number of hydrogen-bond acceptors (Lipinski definition) is 4. The lowest BCUT2D eigenvalue weighted by Crippen LogP contribution is -2.38. The molecule has 0 spiro atoms. The topological polar surface area (TPSA) is 104 Å². The summed E-state index contributed by atoms with van der Waals surface area (Å²) in [7, 11) is 1.55. The lowest BCUT2D eigenvalue weighted by atomic mass is 10.0. The first kappa shape index (κ1) is 15.3. The van der Waals surface area contributed by atoms with Gasteiger partial charge < -0.3 is 14.9 Å². The number of fused-ring (bicyclic) bond motifs is 1. The molecule has 0 saturated carbocycles. The Bertz CT molecular complexity index is 741. The first-order valence-electron chi connectivity index (χ1n) is 6.27. The van der Waals surface area contributed by atoms with Crippen molar-refractivity contribution in [2.45, 2.75) is 0 Å². The average Bonchev–Trinajstić information content (AvgIpc) is 2.50. The Morgan fingerprint density at radius 3 is 2.18 bits per heavy atom. The molecule has 2 N–H and O–H groups in total. The van der Waals surface area contributed by atoms with Crippen molar-refractivity contribution in [3.05, 3.63) is 42.0 Å². The molecular formula is C15H13NO6. The number of nitrogens with zero attached hydrogens (tertiary/aromatic N) is 1. The summed E-state index contributed by atoms with van der Waals surface area (Å²) in [5.74, 6) is 0.0806. The van der Waals surface area contributed by atoms with Gasteiger partial charge in [-0.2, -0.15) is 0 Å². The molecule has 2 aromatic carbocycles. The third-order valence-corrected chi connectivity index (χ3v) is 3.13. The van der Waals surface area contributed by atoms with E-state index in [-0.39, 0.29) is 10.5 Å². The van der Waals surface area contributed by atoms with Crippen molar-refractivity contribution in [2.75, 3.05) is 13.7 Å². The minimum atomic E-state index is -1.69. The number of carbonyl (C=O) groups is 3. The Morgan fingerprint density at radius 1 is 1.00 bits per heavy atom. The Labute approximate surface area is 125 Å². The summed E-state index contributed by atoms with van der Waals surface area (Å²) in [6, 6.07) is 10.1. The zero-order chi connectivity index (χ0) is 16.3. The molecule has 114 valence electrons. The van der Waals surface area contributed by atoms with Crippen molar-refractivity contribution in [3.8, 4) is 5.75 Å². The highest BCUT2D eigenvalue weighted by molar-refractivity contribution is 6.04. The van der Waals surface area contributed by atoms with E-state index in [0.29, 0.717) is 5.75 Å². The summed E-state index contributed by atoms with van der Waals surface area (Å²) in [4.78, 5) is 33.6. The number of imide groups is 1. The zero-order valence-corrected chi connectivity index (χ0v) is 11.6. The van der Waals surface area contributed by atoms with Gasteiger partial charge in [-0.1, -0.05) is 18.2 Å². The Morgan fingerprint density at radius 2 is 1.59 bits per heavy atom. The second-order valence-corrected chi connectivity index (χ2v) is 4.50. The standard InChI is InChI=1S/C15H13NO6/c1-22-12-5-4-9-6-11(3-2-10(9)7-12)13(17)8-16(14(18)19)15(20)21/h2-7H,8H2,1H3,(H,18,19)(H,20,21). The SMILES string of the molecule is COc1ccc2cc(C(=O)CN(C(=O)O)C(=O)O)ccc2c1. The van der Waals surface area contributed by atoms with Crippen molar-refractivity contribution in [1.82, 2.24) is 4.90 Å². The van der Waals surface area contributed by atoms with Crippen LogP contribution in [0.4, 0.5) is 9.59 Å². The monoisotopic (exact) mass is 303 g/mol. The Hall–Kier alpha value is -3.09. The number of ether oxygens (including phenoxy) is 1. The second kappa shape index (κ2) is 6.13. The molecule has 0 unspecified atom stereocenters. The molecule has 0 saturated heterocycles. The lowest BCUT2D eigenvalue weighted by molar-refractivity contribution is 0.0883. The van der Waals surface area contributed by atoms with Gasteiger partial charge in [0, 0.05) is 5.56 Å². The molecule has 0 bridgehead atoms. The maximum Gasteiger partial charge on any atom is 0.417 e. The van der Waals surface area contributed by atoms with Gasteiger partial charge >= 0.3 is 12.2 Å². The van der Waals surface area contributed by atoms with Gasteiger partial charge in [0.15, 0.2) is 5.78 Å². The van der Waals surface area contributed by atoms with Crippen LogP contribution in [0.1, 0.15) is 10.4 Å². The first-order valence-corrected chi connectivity index (χ1v) is 6.27. The molecular weight excluding hydrogens is 290 g/mol. The van der Waals surface area contributed by atoms with Gasteiger partial charge in [-0.25, -0.2) is 14.5 Å². The highest BCUT2D eigenvalue weighted by Crippen LogP contribution is 2.22. The fraction of sp³-hybridized carbons (Fsp3) is 0.133. The van der Waals surface area contributed by atoms with Crippen molar-refractivity contribution >= 4 is 28.7 Å². The summed E-state index contributed by atoms with van der Waals surface area (Å²) >= 11 is 0. The van der Waals surface area contributed by atoms with E-state index in [0.717, 1.165) is 10.8 Å². The summed E-state index contributed by atoms with van der Waals surface area (Å²) < 4.78 is 5.10. The third-order valence-electron chi connectivity index (χ3n) is 3.13. The van der Waals surface area contributed by atoms with E-state index in [1.807, 2.05) is 0 Å². The van der Waals surface area contributed by atoms with Gasteiger partial charge in [-0.15, -0.1) is 0 Å². The van der Waals surface area contributed by atoms with Crippen molar-refractivity contribution in [3.63, 3.8) is 0 Å². The van der Waals surface area contributed by atoms with E-state index in [1.54, 1.807) is 37.4 Å². The molecule has 2 aromatic rings. The predicted octanol–water partition coefficient (Wildman–Crippen LogP) is 2.69. The summed E-state index contributed by atoms with van der Waals surface area (Å²) in [5, 5.41) is 19.1. The summed E-state index contributed by atoms with van der Waals surface area (Å²) in [6.45, 7) is -0.744. The molecule has 22 heavy (non-hydrogen) atoms. The fourth-order valence-electron chi connectivity index (χ4n) is 1.98. The van der Waals surface area contributed by atoms with Crippen molar-refractivity contribution in [1.29, 1.82) is 0 Å². The van der Waals surface area contributed by atoms with E-state index < -0.39 is 24.5 Å². The van der Waals surface area contributed by atoms with Crippen LogP contribution >= 0.6 is 0 Å². The molecule has 7 nitrogen and oxygen atoms in total. The number of carbonyl (C=O) groups excluding carboxylic acids is 1. The normalized spacial score (nSPS) is 10.2. The van der Waals surface area contributed by atoms with Crippen LogP contribution in [0.15, 0.2) is 36.4 Å². The van der Waals surface area contributed by atoms with Crippen LogP contribution in [0.3, 0.4) is 0 Å². The smallest absolute Gasteiger partial charge is 0.417 e. The molecule has 0 aliphatic heterocycles. The van der Waals surface area contributed by atoms with Crippen molar-refractivity contribution in [2.24, 2.45) is 0 Å². The molecule has 0 aliphatic carbocycles. The maximum absolute atomic E-state index is 12.0. The molecule has 0 atom stereocenters. The first-order chi connectivity index (χ1) is 10.4. The van der Waals surface area contributed by atoms with Crippen LogP contribution in [-0.2, 0) is 0 Å². The van der Waals surface area contributed by atoms with E-state index in [2.05, 4.69) is 0 Å². The largest absolute Gasteiger partial charge is 0.497 e. The third kappa shape index (κ3) is 3.14. The van der Waals surface area contributed by atoms with Gasteiger partial charge in [0.2, 0.25) is 0 Å². The average molecular weight is 303 g/mol. The van der Waals surface area contributed by atoms with Gasteiger partial charge in [-0.05, 0) is 29.0 Å². The Kier molecular flexibility index (Phi) is 4.26. The van der Waals surface area contributed by atoms with Crippen molar-refractivity contribution < 1.29 is 29.3 Å². The number of carboxylic acid groups (broad SMARTS) is 2. The zero-order valence-electron chi connectivity index (χ0n) is 11.6. The molecule has 0 aliphatic rings. The second-order valence-electron chi connectivity index (χ2n) is 4.50. The number of benzene rings is 2. The predicted molar refractivity (Wildman–Crippen MR) is 77.6 cm³/mol. The minimum absolute atomic E-state index is 0.0422. The number of Topliss-reactive ketones (excluding diaryl/α,β-unsaturated/α-hetero) is 1. The Balaban J connectivity index is 2.28. The number of amides is 2. The molecule has 2 amide bonds. The van der Waals surface area contributed by atoms with E-state index in [4.69, 9.17) is 14.9 Å². The lowest BCUT2D eigenvalue weighted by Gasteiger charge is -2.12. The van der Waals surface area contributed by atoms with Gasteiger partial charge in [0.05, 0.1) is 13.7 Å². The van der Waals surface area contributed by atoms with Crippen LogP contribution in [0.2, 0.25) is 0 Å². The van der Waals surface area contributed by atoms with Crippen LogP contribution < -0.4 is 4.74 Å². The summed E-state index contributed by atoms with van der Waals surface area (Å²) in [5.41, 5.74) is 0.241. The van der Waals surface area contributed by atoms with E-state index in [9.17, 15) is 14.4 Å². The van der Waals surface area contributed by atoms with Gasteiger partial charge in [0.25, 0.3) is 0 Å². The van der Waals surface area contributed by atoms with Gasteiger partial charge in [-0.3, -0.25) is 4.79 Å². The molecule has 0 heterocycles. The maximum atomic E-state index is 12.0. The van der Waals surface area contributed by atoms with E-state index >= 15 is 0 Å². The quantitative estimate of drug-likeness (QED) is 0.841. The van der Waals surface area contributed by atoms with Crippen LogP contribution in [0, 0.1) is 0 Å². The number of hydrogen-bond donors (Lipinski definition) is 2. The van der Waals surface area contributed by atoms with E-state index in [1.165, 1.54) is 6.07 Å². The van der Waals surface area contributed by atoms with Gasteiger partial charge in [0.1, 0.15) is 5.75 Å². The fourth-order valence-corrected chi connectivity index (χ4v) is 1.98. The summed E-state index contributed by atoms with van der Waals surface area (Å²) in [6.07, 6.45) is -3.38. The van der Waals surface area contributed by atoms with Crippen LogP contribution in [0.5, 0.6) is 5.75 Å². The van der Waals surface area contributed by atoms with Crippen LogP contribution in [0.25, 0.3) is 10.8 Å². The minimum Gasteiger partial charge on any atom is -0.497 e. The highest BCUT2D eigenvalue weighted by atomic mass is 16.5. The number of ketones is 1. The number of rotatable bonds is 4.